The molecule has 11 heteroatoms. The van der Waals surface area contributed by atoms with Crippen LogP contribution in [-0.4, -0.2) is 67.7 Å². The van der Waals surface area contributed by atoms with E-state index in [-0.39, 0.29) is 36.0 Å². The number of hydrogen-bond acceptors (Lipinski definition) is 5. The molecule has 2 N–H and O–H groups in total. The molecule has 1 aliphatic heterocycles. The van der Waals surface area contributed by atoms with Crippen molar-refractivity contribution >= 4 is 27.8 Å². The first-order valence-electron chi connectivity index (χ1n) is 11.5. The van der Waals surface area contributed by atoms with Gasteiger partial charge in [0.1, 0.15) is 28.4 Å². The molecule has 1 heterocycles. The Bertz CT molecular complexity index is 1240. The number of allylic oxidation sites excluding steroid dienone is 1. The predicted octanol–water partition coefficient (Wildman–Crippen LogP) is 3.93. The van der Waals surface area contributed by atoms with Crippen molar-refractivity contribution in [2.45, 2.75) is 37.8 Å². The second kappa shape index (κ2) is 11.4. The number of sulfonamides is 1. The van der Waals surface area contributed by atoms with Gasteiger partial charge in [0.05, 0.1) is 18.8 Å². The Kier molecular flexibility index (Phi) is 8.70. The number of carbonyl (C=O) groups excluding carboxylic acids is 1. The number of aliphatic hydroxyl groups excluding tert-OH is 1. The number of rotatable bonds is 6. The van der Waals surface area contributed by atoms with E-state index < -0.39 is 45.8 Å². The van der Waals surface area contributed by atoms with Crippen LogP contribution < -0.4 is 10.1 Å². The summed E-state index contributed by atoms with van der Waals surface area (Å²) in [5.41, 5.74) is 0.432. The van der Waals surface area contributed by atoms with Crippen molar-refractivity contribution in [3.63, 3.8) is 0 Å². The molecule has 0 saturated heterocycles. The minimum atomic E-state index is -3.98. The van der Waals surface area contributed by atoms with Gasteiger partial charge in [-0.1, -0.05) is 25.1 Å². The van der Waals surface area contributed by atoms with Gasteiger partial charge in [0.2, 0.25) is 10.0 Å². The quantitative estimate of drug-likeness (QED) is 0.598. The van der Waals surface area contributed by atoms with Crippen molar-refractivity contribution in [1.82, 2.24) is 9.21 Å². The number of nitrogens with zero attached hydrogens (tertiary/aromatic N) is 2. The highest BCUT2D eigenvalue weighted by Crippen LogP contribution is 2.34. The standard InChI is InChI=1S/C25H31F2N3O5S/c1-5-6-18-7-10-24-22(11-18)35-23(16(2)13-30(17(3)15-31)36(24,33)34)14-29(4)25(32)28-21-12-19(26)8-9-20(21)27/h5-12,16-17,23,31H,13-15H2,1-4H3,(H,28,32)/b6-5+/t16-,17-,23-/m0/s1. The number of halogens is 2. The molecule has 2 aromatic carbocycles. The highest BCUT2D eigenvalue weighted by atomic mass is 32.2. The van der Waals surface area contributed by atoms with Crippen LogP contribution in [-0.2, 0) is 10.0 Å². The van der Waals surface area contributed by atoms with Gasteiger partial charge in [0.25, 0.3) is 0 Å². The van der Waals surface area contributed by atoms with Gasteiger partial charge >= 0.3 is 6.03 Å². The maximum atomic E-state index is 14.0. The van der Waals surface area contributed by atoms with Gasteiger partial charge in [0.15, 0.2) is 0 Å². The lowest BCUT2D eigenvalue weighted by atomic mass is 10.0. The molecule has 36 heavy (non-hydrogen) atoms. The smallest absolute Gasteiger partial charge is 0.321 e. The first-order valence-corrected chi connectivity index (χ1v) is 12.9. The number of anilines is 1. The number of fused-ring (bicyclic) bond motifs is 1. The van der Waals surface area contributed by atoms with Gasteiger partial charge in [0, 0.05) is 31.6 Å². The number of urea groups is 1. The van der Waals surface area contributed by atoms with Crippen LogP contribution in [0.1, 0.15) is 26.3 Å². The maximum absolute atomic E-state index is 14.0. The summed E-state index contributed by atoms with van der Waals surface area (Å²) in [5.74, 6) is -1.74. The lowest BCUT2D eigenvalue weighted by Gasteiger charge is -2.37. The second-order valence-electron chi connectivity index (χ2n) is 8.88. The van der Waals surface area contributed by atoms with Crippen LogP contribution in [0.25, 0.3) is 6.08 Å². The Labute approximate surface area is 210 Å². The summed E-state index contributed by atoms with van der Waals surface area (Å²) in [6.07, 6.45) is 2.96. The summed E-state index contributed by atoms with van der Waals surface area (Å²) < 4.78 is 61.9. The third kappa shape index (κ3) is 6.03. The molecule has 0 fully saturated rings. The average Bonchev–Trinajstić information content (AvgIpc) is 2.83. The SMILES string of the molecule is C/C=C/c1ccc2c(c1)O[C@@H](CN(C)C(=O)Nc1cc(F)ccc1F)[C@@H](C)CN([C@@H](C)CO)S2(=O)=O. The molecular weight excluding hydrogens is 492 g/mol. The topological polar surface area (TPSA) is 99.2 Å². The predicted molar refractivity (Wildman–Crippen MR) is 133 cm³/mol. The monoisotopic (exact) mass is 523 g/mol. The zero-order valence-corrected chi connectivity index (χ0v) is 21.4. The van der Waals surface area contributed by atoms with Crippen molar-refractivity contribution in [2.75, 3.05) is 32.1 Å². The Morgan fingerprint density at radius 2 is 2.03 bits per heavy atom. The number of likely N-dealkylation sites (N-methyl/N-ethyl adjacent to an activating group) is 1. The van der Waals surface area contributed by atoms with E-state index >= 15 is 0 Å². The van der Waals surface area contributed by atoms with Crippen molar-refractivity contribution in [3.05, 3.63) is 59.7 Å². The molecular formula is C25H31F2N3O5S. The molecule has 3 rings (SSSR count). The largest absolute Gasteiger partial charge is 0.487 e. The summed E-state index contributed by atoms with van der Waals surface area (Å²) in [6.45, 7) is 4.93. The summed E-state index contributed by atoms with van der Waals surface area (Å²) in [7, 11) is -2.51. The van der Waals surface area contributed by atoms with Crippen LogP contribution in [0, 0.1) is 17.6 Å². The van der Waals surface area contributed by atoms with Crippen LogP contribution in [0.4, 0.5) is 19.3 Å². The maximum Gasteiger partial charge on any atom is 0.321 e. The van der Waals surface area contributed by atoms with E-state index in [9.17, 15) is 27.1 Å². The average molecular weight is 524 g/mol. The number of aliphatic hydroxyl groups is 1. The van der Waals surface area contributed by atoms with E-state index in [1.807, 2.05) is 13.0 Å². The molecule has 0 radical (unpaired) electrons. The van der Waals surface area contributed by atoms with Gasteiger partial charge < -0.3 is 20.1 Å². The van der Waals surface area contributed by atoms with Gasteiger partial charge in [-0.15, -0.1) is 0 Å². The minimum absolute atomic E-state index is 0.0264. The third-order valence-electron chi connectivity index (χ3n) is 6.02. The number of amides is 2. The number of nitrogens with one attached hydrogen (secondary N) is 1. The highest BCUT2D eigenvalue weighted by Gasteiger charge is 2.38. The zero-order chi connectivity index (χ0) is 26.6. The van der Waals surface area contributed by atoms with Crippen LogP contribution in [0.15, 0.2) is 47.4 Å². The lowest BCUT2D eigenvalue weighted by Crippen LogP contribution is -2.50. The van der Waals surface area contributed by atoms with Crippen molar-refractivity contribution in [3.8, 4) is 5.75 Å². The molecule has 2 amide bonds. The van der Waals surface area contributed by atoms with Crippen LogP contribution in [0.3, 0.4) is 0 Å². The van der Waals surface area contributed by atoms with Gasteiger partial charge in [-0.2, -0.15) is 4.31 Å². The lowest BCUT2D eigenvalue weighted by molar-refractivity contribution is 0.0830. The van der Waals surface area contributed by atoms with Gasteiger partial charge in [-0.3, -0.25) is 0 Å². The van der Waals surface area contributed by atoms with E-state index in [4.69, 9.17) is 4.74 Å². The molecule has 0 aromatic heterocycles. The van der Waals surface area contributed by atoms with Crippen LogP contribution in [0.2, 0.25) is 0 Å². The number of benzene rings is 2. The fraction of sp³-hybridized carbons (Fsp3) is 0.400. The summed E-state index contributed by atoms with van der Waals surface area (Å²) in [4.78, 5) is 14.0. The molecule has 2 aromatic rings. The molecule has 0 unspecified atom stereocenters. The van der Waals surface area contributed by atoms with Crippen LogP contribution in [0.5, 0.6) is 5.75 Å². The van der Waals surface area contributed by atoms with E-state index in [2.05, 4.69) is 5.32 Å². The van der Waals surface area contributed by atoms with E-state index in [1.165, 1.54) is 22.3 Å². The van der Waals surface area contributed by atoms with Gasteiger partial charge in [-0.05, 0) is 43.7 Å². The molecule has 1 aliphatic rings. The molecule has 3 atom stereocenters. The Balaban J connectivity index is 1.94. The van der Waals surface area contributed by atoms with E-state index in [1.54, 1.807) is 32.1 Å². The summed E-state index contributed by atoms with van der Waals surface area (Å²) >= 11 is 0. The molecule has 196 valence electrons. The number of ether oxygens (including phenoxy) is 1. The summed E-state index contributed by atoms with van der Waals surface area (Å²) in [6, 6.07) is 6.12. The van der Waals surface area contributed by atoms with E-state index in [0.717, 1.165) is 23.8 Å². The van der Waals surface area contributed by atoms with E-state index in [0.29, 0.717) is 0 Å². The Morgan fingerprint density at radius 1 is 1.31 bits per heavy atom. The number of carbonyl (C=O) groups is 1. The normalized spacial score (nSPS) is 20.6. The third-order valence-corrected chi connectivity index (χ3v) is 8.04. The van der Waals surface area contributed by atoms with Crippen molar-refractivity contribution < 1.29 is 31.8 Å². The van der Waals surface area contributed by atoms with Gasteiger partial charge in [-0.25, -0.2) is 22.0 Å². The fourth-order valence-corrected chi connectivity index (χ4v) is 5.74. The molecule has 0 saturated carbocycles. The Hall–Kier alpha value is -3.02. The molecule has 8 nitrogen and oxygen atoms in total. The Morgan fingerprint density at radius 3 is 2.69 bits per heavy atom. The highest BCUT2D eigenvalue weighted by molar-refractivity contribution is 7.89. The molecule has 0 bridgehead atoms. The molecule has 0 aliphatic carbocycles. The van der Waals surface area contributed by atoms with Crippen molar-refractivity contribution in [1.29, 1.82) is 0 Å². The molecule has 0 spiro atoms. The minimum Gasteiger partial charge on any atom is -0.487 e. The summed E-state index contributed by atoms with van der Waals surface area (Å²) in [5, 5.41) is 12.1. The number of hydrogen-bond donors (Lipinski definition) is 2. The second-order valence-corrected chi connectivity index (χ2v) is 10.7. The zero-order valence-electron chi connectivity index (χ0n) is 20.6. The first kappa shape index (κ1) is 27.6. The fourth-order valence-electron chi connectivity index (χ4n) is 3.91. The first-order chi connectivity index (χ1) is 17.0. The van der Waals surface area contributed by atoms with Crippen LogP contribution >= 0.6 is 0 Å². The van der Waals surface area contributed by atoms with Crippen molar-refractivity contribution in [2.24, 2.45) is 5.92 Å².